The van der Waals surface area contributed by atoms with Gasteiger partial charge in [0.05, 0.1) is 6.61 Å². The molecule has 1 aromatic rings. The molecule has 0 aliphatic rings. The molecule has 0 radical (unpaired) electrons. The fourth-order valence-electron chi connectivity index (χ4n) is 1.29. The summed E-state index contributed by atoms with van der Waals surface area (Å²) in [7, 11) is 0. The van der Waals surface area contributed by atoms with Crippen LogP contribution in [0.25, 0.3) is 0 Å². The van der Waals surface area contributed by atoms with Crippen molar-refractivity contribution in [1.29, 1.82) is 0 Å². The first kappa shape index (κ1) is 13.7. The molecular formula is C12H13BrO4. The van der Waals surface area contributed by atoms with E-state index in [0.29, 0.717) is 12.4 Å². The molecule has 0 spiro atoms. The van der Waals surface area contributed by atoms with E-state index in [4.69, 9.17) is 9.47 Å². The largest absolute Gasteiger partial charge is 0.482 e. The first-order chi connectivity index (χ1) is 8.19. The second-order valence-corrected chi connectivity index (χ2v) is 4.04. The summed E-state index contributed by atoms with van der Waals surface area (Å²) in [6.45, 7) is 1.90. The number of hydrogen-bond donors (Lipinski definition) is 0. The maximum atomic E-state index is 11.1. The van der Waals surface area contributed by atoms with Crippen LogP contribution in [0.4, 0.5) is 0 Å². The van der Waals surface area contributed by atoms with Crippen molar-refractivity contribution in [2.24, 2.45) is 0 Å². The van der Waals surface area contributed by atoms with Crippen molar-refractivity contribution >= 4 is 28.2 Å². The van der Waals surface area contributed by atoms with Crippen molar-refractivity contribution in [3.8, 4) is 5.75 Å². The van der Waals surface area contributed by atoms with E-state index in [1.165, 1.54) is 0 Å². The van der Waals surface area contributed by atoms with E-state index in [1.54, 1.807) is 19.1 Å². The van der Waals surface area contributed by atoms with Crippen molar-refractivity contribution in [1.82, 2.24) is 0 Å². The number of hydrogen-bond acceptors (Lipinski definition) is 4. The number of carbonyl (C=O) groups is 2. The van der Waals surface area contributed by atoms with E-state index >= 15 is 0 Å². The minimum absolute atomic E-state index is 0.157. The van der Waals surface area contributed by atoms with Crippen LogP contribution in [-0.4, -0.2) is 25.5 Å². The molecule has 0 bridgehead atoms. The van der Waals surface area contributed by atoms with Crippen LogP contribution >= 0.6 is 15.9 Å². The van der Waals surface area contributed by atoms with E-state index < -0.39 is 5.97 Å². The third-order valence-electron chi connectivity index (χ3n) is 2.01. The molecule has 1 rings (SSSR count). The smallest absolute Gasteiger partial charge is 0.344 e. The lowest BCUT2D eigenvalue weighted by molar-refractivity contribution is -0.145. The zero-order valence-corrected chi connectivity index (χ0v) is 11.0. The lowest BCUT2D eigenvalue weighted by atomic mass is 10.1. The molecule has 92 valence electrons. The summed E-state index contributed by atoms with van der Waals surface area (Å²) in [6, 6.07) is 5.30. The van der Waals surface area contributed by atoms with Crippen molar-refractivity contribution in [3.63, 3.8) is 0 Å². The summed E-state index contributed by atoms with van der Waals surface area (Å²) < 4.78 is 10.9. The van der Waals surface area contributed by atoms with Crippen molar-refractivity contribution in [2.75, 3.05) is 13.2 Å². The van der Waals surface area contributed by atoms with Crippen molar-refractivity contribution in [2.45, 2.75) is 13.3 Å². The number of aldehydes is 1. The fourth-order valence-corrected chi connectivity index (χ4v) is 1.80. The number of halogens is 1. The molecule has 4 nitrogen and oxygen atoms in total. The molecule has 0 fully saturated rings. The molecule has 0 atom stereocenters. The standard InChI is InChI=1S/C12H13BrO4/c1-2-16-12(15)8-17-11-5-3-4-10(13)9(11)6-7-14/h3-5,7H,2,6,8H2,1H3. The Morgan fingerprint density at radius 3 is 2.88 bits per heavy atom. The van der Waals surface area contributed by atoms with Crippen LogP contribution in [0.2, 0.25) is 0 Å². The lowest BCUT2D eigenvalue weighted by Gasteiger charge is -2.10. The average molecular weight is 301 g/mol. The predicted octanol–water partition coefficient (Wildman–Crippen LogP) is 2.13. The Labute approximate surface area is 108 Å². The van der Waals surface area contributed by atoms with Crippen molar-refractivity contribution < 1.29 is 19.1 Å². The lowest BCUT2D eigenvalue weighted by Crippen LogP contribution is -2.15. The Bertz CT molecular complexity index is 403. The Balaban J connectivity index is 2.73. The second-order valence-electron chi connectivity index (χ2n) is 3.18. The molecular weight excluding hydrogens is 288 g/mol. The summed E-state index contributed by atoms with van der Waals surface area (Å²) in [6.07, 6.45) is 1.02. The number of esters is 1. The molecule has 0 aliphatic carbocycles. The van der Waals surface area contributed by atoms with Gasteiger partial charge >= 0.3 is 5.97 Å². The number of ether oxygens (including phenoxy) is 2. The molecule has 0 saturated heterocycles. The van der Waals surface area contributed by atoms with Gasteiger partial charge < -0.3 is 14.3 Å². The van der Waals surface area contributed by atoms with E-state index in [1.807, 2.05) is 6.07 Å². The minimum Gasteiger partial charge on any atom is -0.482 e. The maximum Gasteiger partial charge on any atom is 0.344 e. The predicted molar refractivity (Wildman–Crippen MR) is 66.0 cm³/mol. The van der Waals surface area contributed by atoms with Crippen molar-refractivity contribution in [3.05, 3.63) is 28.2 Å². The third-order valence-corrected chi connectivity index (χ3v) is 2.76. The van der Waals surface area contributed by atoms with Gasteiger partial charge in [-0.05, 0) is 19.1 Å². The molecule has 0 aromatic heterocycles. The van der Waals surface area contributed by atoms with Crippen LogP contribution in [0, 0.1) is 0 Å². The van der Waals surface area contributed by atoms with Gasteiger partial charge in [0.15, 0.2) is 6.61 Å². The zero-order valence-electron chi connectivity index (χ0n) is 9.44. The highest BCUT2D eigenvalue weighted by Gasteiger charge is 2.09. The van der Waals surface area contributed by atoms with Gasteiger partial charge in [0.2, 0.25) is 0 Å². The highest BCUT2D eigenvalue weighted by molar-refractivity contribution is 9.10. The maximum absolute atomic E-state index is 11.1. The molecule has 0 unspecified atom stereocenters. The summed E-state index contributed by atoms with van der Waals surface area (Å²) in [5.41, 5.74) is 0.729. The monoisotopic (exact) mass is 300 g/mol. The van der Waals surface area contributed by atoms with E-state index in [2.05, 4.69) is 15.9 Å². The van der Waals surface area contributed by atoms with Gasteiger partial charge in [-0.1, -0.05) is 22.0 Å². The zero-order chi connectivity index (χ0) is 12.7. The highest BCUT2D eigenvalue weighted by Crippen LogP contribution is 2.26. The summed E-state index contributed by atoms with van der Waals surface area (Å²) in [5, 5.41) is 0. The number of benzene rings is 1. The normalized spacial score (nSPS) is 9.76. The molecule has 0 heterocycles. The van der Waals surface area contributed by atoms with Gasteiger partial charge in [0.25, 0.3) is 0 Å². The topological polar surface area (TPSA) is 52.6 Å². The van der Waals surface area contributed by atoms with Crippen LogP contribution in [0.3, 0.4) is 0 Å². The van der Waals surface area contributed by atoms with Crippen LogP contribution in [0.1, 0.15) is 12.5 Å². The van der Waals surface area contributed by atoms with Gasteiger partial charge in [-0.25, -0.2) is 4.79 Å². The van der Waals surface area contributed by atoms with Gasteiger partial charge in [-0.2, -0.15) is 0 Å². The third kappa shape index (κ3) is 4.19. The average Bonchev–Trinajstić information content (AvgIpc) is 2.30. The van der Waals surface area contributed by atoms with E-state index in [9.17, 15) is 9.59 Å². The minimum atomic E-state index is -0.426. The van der Waals surface area contributed by atoms with Crippen LogP contribution < -0.4 is 4.74 Å². The molecule has 1 aromatic carbocycles. The molecule has 0 aliphatic heterocycles. The quantitative estimate of drug-likeness (QED) is 0.596. The Morgan fingerprint density at radius 2 is 2.24 bits per heavy atom. The first-order valence-electron chi connectivity index (χ1n) is 5.18. The highest BCUT2D eigenvalue weighted by atomic mass is 79.9. The fraction of sp³-hybridized carbons (Fsp3) is 0.333. The summed E-state index contributed by atoms with van der Waals surface area (Å²) in [4.78, 5) is 21.7. The van der Waals surface area contributed by atoms with Gasteiger partial charge in [-0.15, -0.1) is 0 Å². The van der Waals surface area contributed by atoms with Crippen LogP contribution in [-0.2, 0) is 20.7 Å². The Kier molecular flexibility index (Phi) is 5.69. The van der Waals surface area contributed by atoms with E-state index in [-0.39, 0.29) is 13.0 Å². The Morgan fingerprint density at radius 1 is 1.47 bits per heavy atom. The molecule has 5 heteroatoms. The van der Waals surface area contributed by atoms with Crippen LogP contribution in [0.15, 0.2) is 22.7 Å². The number of carbonyl (C=O) groups excluding carboxylic acids is 2. The summed E-state index contributed by atoms with van der Waals surface area (Å²) in [5.74, 6) is 0.0871. The van der Waals surface area contributed by atoms with Crippen LogP contribution in [0.5, 0.6) is 5.75 Å². The summed E-state index contributed by atoms with van der Waals surface area (Å²) >= 11 is 3.33. The van der Waals surface area contributed by atoms with E-state index in [0.717, 1.165) is 16.3 Å². The molecule has 0 saturated carbocycles. The SMILES string of the molecule is CCOC(=O)COc1cccc(Br)c1CC=O. The Hall–Kier alpha value is -1.36. The van der Waals surface area contributed by atoms with Gasteiger partial charge in [-0.3, -0.25) is 0 Å². The second kappa shape index (κ2) is 7.06. The molecule has 0 amide bonds. The number of rotatable bonds is 6. The van der Waals surface area contributed by atoms with Gasteiger partial charge in [0.1, 0.15) is 12.0 Å². The first-order valence-corrected chi connectivity index (χ1v) is 5.97. The van der Waals surface area contributed by atoms with Gasteiger partial charge in [0, 0.05) is 16.5 Å². The molecule has 0 N–H and O–H groups in total. The molecule has 17 heavy (non-hydrogen) atoms.